The molecular weight excluding hydrogens is 260 g/mol. The van der Waals surface area contributed by atoms with Crippen LogP contribution in [0.5, 0.6) is 0 Å². The summed E-state index contributed by atoms with van der Waals surface area (Å²) in [6, 6.07) is 5.99. The Bertz CT molecular complexity index is 536. The minimum absolute atomic E-state index is 0.489. The molecule has 5 heteroatoms. The summed E-state index contributed by atoms with van der Waals surface area (Å²) in [6.45, 7) is 2.88. The minimum Gasteiger partial charge on any atom is -0.359 e. The highest BCUT2D eigenvalue weighted by Gasteiger charge is 2.15. The summed E-state index contributed by atoms with van der Waals surface area (Å²) in [6.07, 6.45) is 2.73. The van der Waals surface area contributed by atoms with E-state index in [0.29, 0.717) is 5.88 Å². The van der Waals surface area contributed by atoms with Crippen LogP contribution in [-0.2, 0) is 19.3 Å². The van der Waals surface area contributed by atoms with Crippen LogP contribution in [0.1, 0.15) is 17.0 Å². The van der Waals surface area contributed by atoms with Gasteiger partial charge in [-0.15, -0.1) is 11.6 Å². The Labute approximate surface area is 119 Å². The molecule has 0 N–H and O–H groups in total. The van der Waals surface area contributed by atoms with Crippen molar-refractivity contribution in [2.24, 2.45) is 7.05 Å². The topological polar surface area (TPSA) is 34.0 Å². The third-order valence-electron chi connectivity index (χ3n) is 3.24. The van der Waals surface area contributed by atoms with Crippen molar-refractivity contribution in [3.05, 3.63) is 41.3 Å². The van der Waals surface area contributed by atoms with E-state index in [4.69, 9.17) is 11.6 Å². The second kappa shape index (κ2) is 6.06. The number of pyridine rings is 1. The molecule has 0 bridgehead atoms. The highest BCUT2D eigenvalue weighted by Crippen LogP contribution is 2.23. The fourth-order valence-electron chi connectivity index (χ4n) is 2.26. The molecule has 0 radical (unpaired) electrons. The van der Waals surface area contributed by atoms with Gasteiger partial charge in [0.2, 0.25) is 0 Å². The summed E-state index contributed by atoms with van der Waals surface area (Å²) >= 11 is 6.02. The van der Waals surface area contributed by atoms with E-state index in [-0.39, 0.29) is 0 Å². The summed E-state index contributed by atoms with van der Waals surface area (Å²) < 4.78 is 1.89. The van der Waals surface area contributed by atoms with Crippen molar-refractivity contribution in [2.75, 3.05) is 18.5 Å². The van der Waals surface area contributed by atoms with E-state index in [1.807, 2.05) is 43.0 Å². The molecular formula is C14H19ClN4. The maximum Gasteiger partial charge on any atom is 0.130 e. The van der Waals surface area contributed by atoms with Crippen molar-refractivity contribution in [1.29, 1.82) is 0 Å². The van der Waals surface area contributed by atoms with Gasteiger partial charge in [0.15, 0.2) is 0 Å². The SMILES string of the molecule is Cc1nn(C)c(N(C)CCc2ccccn2)c1CCl. The summed E-state index contributed by atoms with van der Waals surface area (Å²) in [7, 11) is 4.02. The molecule has 0 aliphatic heterocycles. The molecule has 2 aromatic heterocycles. The summed E-state index contributed by atoms with van der Waals surface area (Å²) in [5, 5.41) is 4.43. The molecule has 0 saturated carbocycles. The molecule has 102 valence electrons. The molecule has 0 saturated heterocycles. The first-order chi connectivity index (χ1) is 9.13. The first-order valence-corrected chi connectivity index (χ1v) is 6.86. The zero-order valence-corrected chi connectivity index (χ0v) is 12.4. The molecule has 0 aromatic carbocycles. The number of aryl methyl sites for hydroxylation is 2. The van der Waals surface area contributed by atoms with Gasteiger partial charge in [-0.1, -0.05) is 6.07 Å². The average Bonchev–Trinajstić information content (AvgIpc) is 2.71. The fourth-order valence-corrected chi connectivity index (χ4v) is 2.57. The van der Waals surface area contributed by atoms with E-state index in [1.165, 1.54) is 0 Å². The van der Waals surface area contributed by atoms with Gasteiger partial charge in [0.1, 0.15) is 5.82 Å². The van der Waals surface area contributed by atoms with Gasteiger partial charge in [0.05, 0.1) is 11.6 Å². The van der Waals surface area contributed by atoms with E-state index in [2.05, 4.69) is 22.0 Å². The number of hydrogen-bond acceptors (Lipinski definition) is 3. The van der Waals surface area contributed by atoms with Crippen molar-refractivity contribution >= 4 is 17.4 Å². The number of aromatic nitrogens is 3. The van der Waals surface area contributed by atoms with Crippen LogP contribution in [0.15, 0.2) is 24.4 Å². The van der Waals surface area contributed by atoms with Crippen LogP contribution in [0.3, 0.4) is 0 Å². The number of alkyl halides is 1. The monoisotopic (exact) mass is 278 g/mol. The second-order valence-corrected chi connectivity index (χ2v) is 4.90. The zero-order valence-electron chi connectivity index (χ0n) is 11.6. The normalized spacial score (nSPS) is 10.7. The molecule has 2 heterocycles. The van der Waals surface area contributed by atoms with Gasteiger partial charge in [-0.2, -0.15) is 5.10 Å². The minimum atomic E-state index is 0.489. The van der Waals surface area contributed by atoms with Crippen LogP contribution in [0, 0.1) is 6.92 Å². The number of anilines is 1. The summed E-state index contributed by atoms with van der Waals surface area (Å²) in [5.74, 6) is 1.58. The van der Waals surface area contributed by atoms with Crippen LogP contribution in [0.2, 0.25) is 0 Å². The Morgan fingerprint density at radius 3 is 2.79 bits per heavy atom. The van der Waals surface area contributed by atoms with Crippen molar-refractivity contribution in [1.82, 2.24) is 14.8 Å². The molecule has 2 rings (SSSR count). The molecule has 0 spiro atoms. The van der Waals surface area contributed by atoms with Gasteiger partial charge in [0, 0.05) is 44.5 Å². The summed E-state index contributed by atoms with van der Waals surface area (Å²) in [4.78, 5) is 6.53. The quantitative estimate of drug-likeness (QED) is 0.788. The van der Waals surface area contributed by atoms with Gasteiger partial charge in [-0.3, -0.25) is 9.67 Å². The Morgan fingerprint density at radius 1 is 1.37 bits per heavy atom. The van der Waals surface area contributed by atoms with Crippen molar-refractivity contribution in [2.45, 2.75) is 19.2 Å². The van der Waals surface area contributed by atoms with Crippen molar-refractivity contribution in [3.63, 3.8) is 0 Å². The Balaban J connectivity index is 2.10. The van der Waals surface area contributed by atoms with Crippen molar-refractivity contribution in [3.8, 4) is 0 Å². The average molecular weight is 279 g/mol. The standard InChI is InChI=1S/C14H19ClN4/c1-11-13(10-15)14(19(3)17-11)18(2)9-7-12-6-4-5-8-16-12/h4-6,8H,7,9-10H2,1-3H3. The first kappa shape index (κ1) is 13.9. The number of rotatable bonds is 5. The van der Waals surface area contributed by atoms with E-state index < -0.39 is 0 Å². The Hall–Kier alpha value is -1.55. The lowest BCUT2D eigenvalue weighted by atomic mass is 10.2. The van der Waals surface area contributed by atoms with Crippen LogP contribution >= 0.6 is 11.6 Å². The van der Waals surface area contributed by atoms with Gasteiger partial charge in [-0.05, 0) is 19.1 Å². The lowest BCUT2D eigenvalue weighted by Crippen LogP contribution is -2.24. The Kier molecular flexibility index (Phi) is 4.43. The first-order valence-electron chi connectivity index (χ1n) is 6.33. The van der Waals surface area contributed by atoms with Crippen LogP contribution in [0.25, 0.3) is 0 Å². The molecule has 2 aromatic rings. The molecule has 0 amide bonds. The van der Waals surface area contributed by atoms with Gasteiger partial charge in [-0.25, -0.2) is 0 Å². The van der Waals surface area contributed by atoms with E-state index in [1.54, 1.807) is 0 Å². The molecule has 0 unspecified atom stereocenters. The van der Waals surface area contributed by atoms with Crippen LogP contribution < -0.4 is 4.90 Å². The maximum atomic E-state index is 6.02. The lowest BCUT2D eigenvalue weighted by molar-refractivity contribution is 0.721. The molecule has 0 aliphatic carbocycles. The highest BCUT2D eigenvalue weighted by molar-refractivity contribution is 6.17. The number of halogens is 1. The third-order valence-corrected chi connectivity index (χ3v) is 3.51. The maximum absolute atomic E-state index is 6.02. The van der Waals surface area contributed by atoms with Crippen LogP contribution in [0.4, 0.5) is 5.82 Å². The van der Waals surface area contributed by atoms with E-state index in [0.717, 1.165) is 35.7 Å². The van der Waals surface area contributed by atoms with E-state index >= 15 is 0 Å². The summed E-state index contributed by atoms with van der Waals surface area (Å²) in [5.41, 5.74) is 3.20. The molecule has 0 atom stereocenters. The second-order valence-electron chi connectivity index (χ2n) is 4.64. The number of hydrogen-bond donors (Lipinski definition) is 0. The van der Waals surface area contributed by atoms with Gasteiger partial charge in [0.25, 0.3) is 0 Å². The smallest absolute Gasteiger partial charge is 0.130 e. The Morgan fingerprint density at radius 2 is 2.16 bits per heavy atom. The number of nitrogens with zero attached hydrogens (tertiary/aromatic N) is 4. The van der Waals surface area contributed by atoms with Crippen LogP contribution in [-0.4, -0.2) is 28.4 Å². The number of likely N-dealkylation sites (N-methyl/N-ethyl adjacent to an activating group) is 1. The van der Waals surface area contributed by atoms with E-state index in [9.17, 15) is 0 Å². The molecule has 19 heavy (non-hydrogen) atoms. The van der Waals surface area contributed by atoms with Gasteiger partial charge < -0.3 is 4.90 Å². The van der Waals surface area contributed by atoms with Gasteiger partial charge >= 0.3 is 0 Å². The molecule has 0 fully saturated rings. The predicted octanol–water partition coefficient (Wildman–Crippen LogP) is 2.54. The zero-order chi connectivity index (χ0) is 13.8. The lowest BCUT2D eigenvalue weighted by Gasteiger charge is -2.20. The highest BCUT2D eigenvalue weighted by atomic mass is 35.5. The third kappa shape index (κ3) is 3.07. The fraction of sp³-hybridized carbons (Fsp3) is 0.429. The largest absolute Gasteiger partial charge is 0.359 e. The molecule has 0 aliphatic rings. The predicted molar refractivity (Wildman–Crippen MR) is 78.7 cm³/mol. The van der Waals surface area contributed by atoms with Crippen molar-refractivity contribution < 1.29 is 0 Å². The molecule has 4 nitrogen and oxygen atoms in total.